The summed E-state index contributed by atoms with van der Waals surface area (Å²) in [4.78, 5) is 57.6. The summed E-state index contributed by atoms with van der Waals surface area (Å²) in [5, 5.41) is 5.12. The van der Waals surface area contributed by atoms with Gasteiger partial charge in [0.25, 0.3) is 11.8 Å². The lowest BCUT2D eigenvalue weighted by Gasteiger charge is -2.08. The molecule has 32 heavy (non-hydrogen) atoms. The third-order valence-corrected chi connectivity index (χ3v) is 5.51. The molecule has 0 saturated heterocycles. The lowest BCUT2D eigenvalue weighted by molar-refractivity contribution is -0.119. The standard InChI is InChI=1S/C21H20N4O6S/c1-4-30-21(29)16-11(2)17(18(27)22-3)32-19(16)25-15(26)10-31-20(28)14-9-23-12-7-5-6-8-13(12)24-14/h5-9H,4,10H2,1-3H3,(H,22,27)(H,25,26). The van der Waals surface area contributed by atoms with E-state index in [1.54, 1.807) is 38.1 Å². The molecule has 0 aliphatic carbocycles. The van der Waals surface area contributed by atoms with Gasteiger partial charge in [0.2, 0.25) is 0 Å². The lowest BCUT2D eigenvalue weighted by Crippen LogP contribution is -2.22. The summed E-state index contributed by atoms with van der Waals surface area (Å²) >= 11 is 0.926. The number of rotatable bonds is 7. The van der Waals surface area contributed by atoms with Crippen LogP contribution in [0.1, 0.15) is 43.0 Å². The molecule has 0 atom stereocenters. The van der Waals surface area contributed by atoms with Crippen molar-refractivity contribution < 1.29 is 28.7 Å². The number of aromatic nitrogens is 2. The summed E-state index contributed by atoms with van der Waals surface area (Å²) in [5.74, 6) is -2.59. The van der Waals surface area contributed by atoms with Crippen molar-refractivity contribution in [1.29, 1.82) is 0 Å². The number of para-hydroxylation sites is 2. The Hall–Kier alpha value is -3.86. The van der Waals surface area contributed by atoms with Gasteiger partial charge in [0.05, 0.1) is 34.3 Å². The second-order valence-electron chi connectivity index (χ2n) is 6.43. The number of esters is 2. The highest BCUT2D eigenvalue weighted by Gasteiger charge is 2.26. The number of carbonyl (C=O) groups is 4. The molecule has 0 unspecified atom stereocenters. The first kappa shape index (κ1) is 22.8. The van der Waals surface area contributed by atoms with E-state index in [1.807, 2.05) is 0 Å². The predicted octanol–water partition coefficient (Wildman–Crippen LogP) is 2.33. The van der Waals surface area contributed by atoms with Crippen molar-refractivity contribution in [3.63, 3.8) is 0 Å². The predicted molar refractivity (Wildman–Crippen MR) is 117 cm³/mol. The largest absolute Gasteiger partial charge is 0.462 e. The maximum absolute atomic E-state index is 12.4. The molecule has 2 aromatic heterocycles. The molecule has 2 N–H and O–H groups in total. The van der Waals surface area contributed by atoms with Gasteiger partial charge in [-0.05, 0) is 31.5 Å². The number of nitrogens with zero attached hydrogens (tertiary/aromatic N) is 2. The molecule has 0 spiro atoms. The van der Waals surface area contributed by atoms with Gasteiger partial charge in [-0.2, -0.15) is 0 Å². The Bertz CT molecular complexity index is 1210. The van der Waals surface area contributed by atoms with Gasteiger partial charge in [-0.15, -0.1) is 11.3 Å². The number of carbonyl (C=O) groups excluding carboxylic acids is 4. The maximum Gasteiger partial charge on any atom is 0.359 e. The van der Waals surface area contributed by atoms with Crippen molar-refractivity contribution in [2.24, 2.45) is 0 Å². The number of anilines is 1. The Morgan fingerprint density at radius 1 is 1.06 bits per heavy atom. The second-order valence-corrected chi connectivity index (χ2v) is 7.45. The molecule has 3 aromatic rings. The lowest BCUT2D eigenvalue weighted by atomic mass is 10.1. The van der Waals surface area contributed by atoms with E-state index in [4.69, 9.17) is 9.47 Å². The summed E-state index contributed by atoms with van der Waals surface area (Å²) in [6, 6.07) is 7.01. The summed E-state index contributed by atoms with van der Waals surface area (Å²) in [6.45, 7) is 2.73. The Morgan fingerprint density at radius 3 is 2.47 bits per heavy atom. The molecule has 0 bridgehead atoms. The molecule has 0 saturated carbocycles. The molecule has 0 fully saturated rings. The second kappa shape index (κ2) is 9.96. The Kier molecular flexibility index (Phi) is 7.11. The van der Waals surface area contributed by atoms with Crippen LogP contribution in [0.3, 0.4) is 0 Å². The number of benzene rings is 1. The Morgan fingerprint density at radius 2 is 1.78 bits per heavy atom. The first-order valence-electron chi connectivity index (χ1n) is 9.57. The van der Waals surface area contributed by atoms with Gasteiger partial charge in [0.15, 0.2) is 12.3 Å². The maximum atomic E-state index is 12.4. The Labute approximate surface area is 187 Å². The molecule has 2 amide bonds. The van der Waals surface area contributed by atoms with Crippen LogP contribution in [0.4, 0.5) is 5.00 Å². The highest BCUT2D eigenvalue weighted by molar-refractivity contribution is 7.18. The minimum atomic E-state index is -0.822. The van der Waals surface area contributed by atoms with E-state index in [2.05, 4.69) is 20.6 Å². The summed E-state index contributed by atoms with van der Waals surface area (Å²) in [5.41, 5.74) is 1.55. The smallest absolute Gasteiger partial charge is 0.359 e. The van der Waals surface area contributed by atoms with Gasteiger partial charge in [-0.25, -0.2) is 14.6 Å². The van der Waals surface area contributed by atoms with E-state index in [0.717, 1.165) is 11.3 Å². The van der Waals surface area contributed by atoms with Crippen LogP contribution < -0.4 is 10.6 Å². The molecule has 10 nitrogen and oxygen atoms in total. The van der Waals surface area contributed by atoms with Crippen LogP contribution in [0.5, 0.6) is 0 Å². The fraction of sp³-hybridized carbons (Fsp3) is 0.238. The van der Waals surface area contributed by atoms with Gasteiger partial charge in [0.1, 0.15) is 5.00 Å². The van der Waals surface area contributed by atoms with Gasteiger partial charge >= 0.3 is 11.9 Å². The number of fused-ring (bicyclic) bond motifs is 1. The van der Waals surface area contributed by atoms with Crippen molar-refractivity contribution in [3.8, 4) is 0 Å². The molecule has 1 aromatic carbocycles. The van der Waals surface area contributed by atoms with Gasteiger partial charge < -0.3 is 20.1 Å². The first-order valence-corrected chi connectivity index (χ1v) is 10.4. The van der Waals surface area contributed by atoms with Crippen LogP contribution in [0.2, 0.25) is 0 Å². The highest BCUT2D eigenvalue weighted by Crippen LogP contribution is 2.33. The molecule has 11 heteroatoms. The van der Waals surface area contributed by atoms with Crippen molar-refractivity contribution in [2.45, 2.75) is 13.8 Å². The van der Waals surface area contributed by atoms with Gasteiger partial charge in [-0.3, -0.25) is 14.6 Å². The Balaban J connectivity index is 1.72. The molecule has 166 valence electrons. The van der Waals surface area contributed by atoms with Crippen molar-refractivity contribution in [3.05, 3.63) is 52.2 Å². The summed E-state index contributed by atoms with van der Waals surface area (Å²) in [6.07, 6.45) is 1.26. The molecule has 0 aliphatic rings. The van der Waals surface area contributed by atoms with E-state index >= 15 is 0 Å². The van der Waals surface area contributed by atoms with Crippen LogP contribution in [-0.2, 0) is 14.3 Å². The molecule has 0 radical (unpaired) electrons. The van der Waals surface area contributed by atoms with E-state index in [9.17, 15) is 19.2 Å². The fourth-order valence-electron chi connectivity index (χ4n) is 2.80. The number of hydrogen-bond donors (Lipinski definition) is 2. The number of thiophene rings is 1. The zero-order valence-electron chi connectivity index (χ0n) is 17.6. The third kappa shape index (κ3) is 4.89. The average molecular weight is 456 g/mol. The van der Waals surface area contributed by atoms with E-state index in [1.165, 1.54) is 13.2 Å². The van der Waals surface area contributed by atoms with Gasteiger partial charge in [0, 0.05) is 7.05 Å². The van der Waals surface area contributed by atoms with E-state index in [0.29, 0.717) is 16.6 Å². The summed E-state index contributed by atoms with van der Waals surface area (Å²) < 4.78 is 10.1. The molecule has 0 aliphatic heterocycles. The quantitative estimate of drug-likeness (QED) is 0.517. The monoisotopic (exact) mass is 456 g/mol. The summed E-state index contributed by atoms with van der Waals surface area (Å²) in [7, 11) is 1.46. The van der Waals surface area contributed by atoms with Gasteiger partial charge in [-0.1, -0.05) is 12.1 Å². The molecular formula is C21H20N4O6S. The van der Waals surface area contributed by atoms with Crippen LogP contribution in [0.15, 0.2) is 30.5 Å². The van der Waals surface area contributed by atoms with Crippen LogP contribution in [-0.4, -0.2) is 54.0 Å². The normalized spacial score (nSPS) is 10.5. The molecule has 3 rings (SSSR count). The SMILES string of the molecule is CCOC(=O)c1c(NC(=O)COC(=O)c2cnc3ccccc3n2)sc(C(=O)NC)c1C. The zero-order chi connectivity index (χ0) is 23.3. The average Bonchev–Trinajstić information content (AvgIpc) is 3.12. The minimum absolute atomic E-state index is 0.0439. The topological polar surface area (TPSA) is 137 Å². The van der Waals surface area contributed by atoms with Crippen LogP contribution in [0, 0.1) is 6.92 Å². The van der Waals surface area contributed by atoms with Crippen LogP contribution in [0.25, 0.3) is 11.0 Å². The number of nitrogens with one attached hydrogen (secondary N) is 2. The number of hydrogen-bond acceptors (Lipinski definition) is 9. The zero-order valence-corrected chi connectivity index (χ0v) is 18.4. The third-order valence-electron chi connectivity index (χ3n) is 4.30. The highest BCUT2D eigenvalue weighted by atomic mass is 32.1. The van der Waals surface area contributed by atoms with Crippen molar-refractivity contribution >= 4 is 51.1 Å². The van der Waals surface area contributed by atoms with Crippen LogP contribution >= 0.6 is 11.3 Å². The molecular weight excluding hydrogens is 436 g/mol. The number of amides is 2. The molecule has 2 heterocycles. The van der Waals surface area contributed by atoms with E-state index in [-0.39, 0.29) is 27.7 Å². The first-order chi connectivity index (χ1) is 15.3. The van der Waals surface area contributed by atoms with Crippen molar-refractivity contribution in [1.82, 2.24) is 15.3 Å². The fourth-order valence-corrected chi connectivity index (χ4v) is 3.96. The van der Waals surface area contributed by atoms with E-state index < -0.39 is 30.4 Å². The number of ether oxygens (including phenoxy) is 2. The van der Waals surface area contributed by atoms with Crippen molar-refractivity contribution in [2.75, 3.05) is 25.6 Å². The minimum Gasteiger partial charge on any atom is -0.462 e.